The topological polar surface area (TPSA) is 109 Å². The van der Waals surface area contributed by atoms with Crippen molar-refractivity contribution in [2.24, 2.45) is 5.92 Å². The number of H-pyrrole nitrogens is 1. The van der Waals surface area contributed by atoms with Gasteiger partial charge in [-0.3, -0.25) is 19.2 Å². The number of amides is 3. The average molecular weight is 626 g/mol. The molecule has 0 unspecified atom stereocenters. The van der Waals surface area contributed by atoms with Crippen molar-refractivity contribution in [1.82, 2.24) is 4.98 Å². The fourth-order valence-corrected chi connectivity index (χ4v) is 7.79. The number of ether oxygens (including phenoxy) is 1. The second-order valence-corrected chi connectivity index (χ2v) is 12.2. The quantitative estimate of drug-likeness (QED) is 0.271. The van der Waals surface area contributed by atoms with E-state index in [1.54, 1.807) is 30.3 Å². The molecule has 2 aliphatic heterocycles. The van der Waals surface area contributed by atoms with E-state index in [1.165, 1.54) is 6.07 Å². The number of rotatable bonds is 6. The van der Waals surface area contributed by atoms with Crippen molar-refractivity contribution >= 4 is 52.2 Å². The first kappa shape index (κ1) is 28.7. The lowest BCUT2D eigenvalue weighted by atomic mass is 9.83. The SMILES string of the molecule is Cc1ccccc1NC(=O)COc1ccc([C@@H]2c3sc(=O)[nH]c3S[C@H]3C(=O)N(c4cccc(C(F)(F)F)c4)C(=O)[C@@H]23)cc1. The maximum Gasteiger partial charge on any atom is 0.416 e. The standard InChI is InChI=1S/C30H22F3N3O5S2/c1-15-5-2-3-8-20(15)34-21(37)14-41-19-11-9-16(10-12-19)22-23-25(42-26-24(22)43-29(40)35-26)28(39)36(27(23)38)18-7-4-6-17(13-18)30(31,32)33/h2-13,22-23,25H,14H2,1H3,(H,34,37)(H,35,40)/t22-,23-,25+/m0/s1. The van der Waals surface area contributed by atoms with Gasteiger partial charge in [0.15, 0.2) is 6.61 Å². The zero-order valence-corrected chi connectivity index (χ0v) is 23.9. The number of thioether (sulfide) groups is 1. The lowest BCUT2D eigenvalue weighted by molar-refractivity contribution is -0.137. The summed E-state index contributed by atoms with van der Waals surface area (Å²) in [7, 11) is 0. The summed E-state index contributed by atoms with van der Waals surface area (Å²) in [6.07, 6.45) is -4.65. The largest absolute Gasteiger partial charge is 0.484 e. The number of para-hydroxylation sites is 1. The van der Waals surface area contributed by atoms with Crippen LogP contribution in [0.4, 0.5) is 24.5 Å². The Bertz CT molecular complexity index is 1800. The molecule has 8 nitrogen and oxygen atoms in total. The number of nitrogens with one attached hydrogen (secondary N) is 2. The number of aromatic nitrogens is 1. The van der Waals surface area contributed by atoms with E-state index in [0.29, 0.717) is 26.9 Å². The van der Waals surface area contributed by atoms with Gasteiger partial charge < -0.3 is 15.0 Å². The Hall–Kier alpha value is -4.36. The number of halogens is 3. The molecule has 3 amide bonds. The molecule has 2 N–H and O–H groups in total. The van der Waals surface area contributed by atoms with Crippen LogP contribution in [0.1, 0.15) is 27.5 Å². The number of benzene rings is 3. The third-order valence-electron chi connectivity index (χ3n) is 7.28. The van der Waals surface area contributed by atoms with Gasteiger partial charge in [0, 0.05) is 16.5 Å². The number of thiazole rings is 1. The lowest BCUT2D eigenvalue weighted by Crippen LogP contribution is -2.32. The Labute approximate surface area is 250 Å². The molecule has 2 aliphatic rings. The van der Waals surface area contributed by atoms with Gasteiger partial charge >= 0.3 is 11.0 Å². The highest BCUT2D eigenvalue weighted by Crippen LogP contribution is 2.53. The molecule has 220 valence electrons. The molecule has 1 aromatic heterocycles. The second kappa shape index (κ2) is 11.0. The Balaban J connectivity index is 1.26. The van der Waals surface area contributed by atoms with Gasteiger partial charge in [0.2, 0.25) is 11.8 Å². The predicted molar refractivity (Wildman–Crippen MR) is 156 cm³/mol. The number of anilines is 2. The highest BCUT2D eigenvalue weighted by atomic mass is 32.2. The van der Waals surface area contributed by atoms with Gasteiger partial charge in [-0.05, 0) is 54.4 Å². The second-order valence-electron chi connectivity index (χ2n) is 10.0. The van der Waals surface area contributed by atoms with Crippen LogP contribution in [0.25, 0.3) is 0 Å². The monoisotopic (exact) mass is 625 g/mol. The molecule has 1 saturated heterocycles. The Morgan fingerprint density at radius 1 is 1.00 bits per heavy atom. The Morgan fingerprint density at radius 3 is 2.47 bits per heavy atom. The number of nitrogens with zero attached hydrogens (tertiary/aromatic N) is 1. The Morgan fingerprint density at radius 2 is 1.74 bits per heavy atom. The van der Waals surface area contributed by atoms with Crippen molar-refractivity contribution in [1.29, 1.82) is 0 Å². The van der Waals surface area contributed by atoms with Crippen LogP contribution in [0.2, 0.25) is 0 Å². The van der Waals surface area contributed by atoms with Crippen LogP contribution < -0.4 is 19.8 Å². The summed E-state index contributed by atoms with van der Waals surface area (Å²) in [4.78, 5) is 55.7. The van der Waals surface area contributed by atoms with Crippen molar-refractivity contribution in [3.05, 3.63) is 104 Å². The van der Waals surface area contributed by atoms with Crippen LogP contribution in [-0.2, 0) is 20.6 Å². The van der Waals surface area contributed by atoms with E-state index in [2.05, 4.69) is 10.3 Å². The van der Waals surface area contributed by atoms with Crippen LogP contribution in [-0.4, -0.2) is 34.6 Å². The highest BCUT2D eigenvalue weighted by molar-refractivity contribution is 8.00. The summed E-state index contributed by atoms with van der Waals surface area (Å²) in [6, 6.07) is 18.0. The first-order valence-electron chi connectivity index (χ1n) is 13.0. The molecule has 0 spiro atoms. The fraction of sp³-hybridized carbons (Fsp3) is 0.200. The van der Waals surface area contributed by atoms with Crippen LogP contribution >= 0.6 is 23.1 Å². The van der Waals surface area contributed by atoms with Gasteiger partial charge in [-0.25, -0.2) is 4.90 Å². The number of hydrogen-bond donors (Lipinski definition) is 2. The van der Waals surface area contributed by atoms with Crippen molar-refractivity contribution in [3.63, 3.8) is 0 Å². The van der Waals surface area contributed by atoms with E-state index in [9.17, 15) is 32.3 Å². The average Bonchev–Trinajstić information content (AvgIpc) is 3.47. The highest BCUT2D eigenvalue weighted by Gasteiger charge is 2.56. The molecule has 1 fully saturated rings. The normalized spacial score (nSPS) is 19.6. The van der Waals surface area contributed by atoms with E-state index in [4.69, 9.17) is 4.74 Å². The maximum absolute atomic E-state index is 13.8. The molecule has 3 aromatic carbocycles. The molecule has 4 aromatic rings. The number of aromatic amines is 1. The molecule has 0 aliphatic carbocycles. The number of hydrogen-bond acceptors (Lipinski definition) is 7. The number of aryl methyl sites for hydroxylation is 1. The Kier molecular flexibility index (Phi) is 7.38. The molecule has 43 heavy (non-hydrogen) atoms. The van der Waals surface area contributed by atoms with Gasteiger partial charge in [-0.1, -0.05) is 59.5 Å². The molecule has 0 bridgehead atoms. The van der Waals surface area contributed by atoms with Gasteiger partial charge in [-0.2, -0.15) is 13.2 Å². The van der Waals surface area contributed by atoms with E-state index < -0.39 is 40.6 Å². The molecule has 0 radical (unpaired) electrons. The van der Waals surface area contributed by atoms with E-state index in [-0.39, 0.29) is 23.1 Å². The van der Waals surface area contributed by atoms with Crippen LogP contribution in [0.15, 0.2) is 82.6 Å². The number of alkyl halides is 3. The minimum absolute atomic E-state index is 0.164. The first-order valence-corrected chi connectivity index (χ1v) is 14.7. The molecule has 13 heteroatoms. The fourth-order valence-electron chi connectivity index (χ4n) is 5.27. The predicted octanol–water partition coefficient (Wildman–Crippen LogP) is 5.58. The number of fused-ring (bicyclic) bond motifs is 2. The summed E-state index contributed by atoms with van der Waals surface area (Å²) in [5.74, 6) is -2.94. The van der Waals surface area contributed by atoms with Gasteiger partial charge in [0.05, 0.1) is 22.2 Å². The van der Waals surface area contributed by atoms with Crippen molar-refractivity contribution in [2.45, 2.75) is 29.3 Å². The number of carbonyl (C=O) groups is 3. The van der Waals surface area contributed by atoms with Gasteiger partial charge in [0.25, 0.3) is 5.91 Å². The number of imide groups is 1. The van der Waals surface area contributed by atoms with E-state index in [0.717, 1.165) is 51.8 Å². The molecular formula is C30H22F3N3O5S2. The minimum atomic E-state index is -4.65. The summed E-state index contributed by atoms with van der Waals surface area (Å²) in [5, 5.41) is 2.28. The zero-order valence-electron chi connectivity index (χ0n) is 22.3. The van der Waals surface area contributed by atoms with Crippen molar-refractivity contribution in [3.8, 4) is 5.75 Å². The summed E-state index contributed by atoms with van der Waals surface area (Å²) >= 11 is 1.96. The third-order valence-corrected chi connectivity index (χ3v) is 9.69. The van der Waals surface area contributed by atoms with E-state index in [1.807, 2.05) is 25.1 Å². The molecule has 0 saturated carbocycles. The molecule has 3 atom stereocenters. The van der Waals surface area contributed by atoms with Crippen molar-refractivity contribution < 1.29 is 32.3 Å². The molecule has 6 rings (SSSR count). The molecular weight excluding hydrogens is 603 g/mol. The van der Waals surface area contributed by atoms with Crippen LogP contribution in [0, 0.1) is 12.8 Å². The molecule has 3 heterocycles. The zero-order chi connectivity index (χ0) is 30.5. The summed E-state index contributed by atoms with van der Waals surface area (Å²) < 4.78 is 45.8. The van der Waals surface area contributed by atoms with Crippen molar-refractivity contribution in [2.75, 3.05) is 16.8 Å². The summed E-state index contributed by atoms with van der Waals surface area (Å²) in [5.41, 5.74) is 1.05. The minimum Gasteiger partial charge on any atom is -0.484 e. The summed E-state index contributed by atoms with van der Waals surface area (Å²) in [6.45, 7) is 1.62. The lowest BCUT2D eigenvalue weighted by Gasteiger charge is -2.29. The maximum atomic E-state index is 13.8. The third kappa shape index (κ3) is 5.45. The smallest absolute Gasteiger partial charge is 0.416 e. The first-order chi connectivity index (χ1) is 20.5. The van der Waals surface area contributed by atoms with Gasteiger partial charge in [0.1, 0.15) is 11.0 Å². The van der Waals surface area contributed by atoms with Crippen LogP contribution in [0.5, 0.6) is 5.75 Å². The van der Waals surface area contributed by atoms with Gasteiger partial charge in [-0.15, -0.1) is 0 Å². The van der Waals surface area contributed by atoms with Crippen LogP contribution in [0.3, 0.4) is 0 Å². The number of carbonyl (C=O) groups excluding carboxylic acids is 3. The van der Waals surface area contributed by atoms with E-state index >= 15 is 0 Å².